The lowest BCUT2D eigenvalue weighted by Crippen LogP contribution is -2.13. The largest absolute Gasteiger partial charge is 0.309 e. The fourth-order valence-corrected chi connectivity index (χ4v) is 11.8. The number of hydrogen-bond acceptors (Lipinski definition) is 2. The first-order valence-corrected chi connectivity index (χ1v) is 25.6. The second-order valence-corrected chi connectivity index (χ2v) is 19.0. The third kappa shape index (κ3) is 7.24. The van der Waals surface area contributed by atoms with Crippen molar-refractivity contribution in [3.05, 3.63) is 234 Å². The second kappa shape index (κ2) is 18.2. The summed E-state index contributed by atoms with van der Waals surface area (Å²) in [5.74, 6) is 0. The Bertz CT molecular complexity index is 3740. The van der Waals surface area contributed by atoms with Gasteiger partial charge in [-0.3, -0.25) is 0 Å². The van der Waals surface area contributed by atoms with Crippen molar-refractivity contribution in [1.82, 2.24) is 0 Å². The number of hydrogen-bond donors (Lipinski definition) is 0. The summed E-state index contributed by atoms with van der Waals surface area (Å²) in [5, 5.41) is 12.3. The van der Waals surface area contributed by atoms with Crippen molar-refractivity contribution in [1.29, 1.82) is 0 Å². The van der Waals surface area contributed by atoms with E-state index in [2.05, 4.69) is 244 Å². The number of fused-ring (bicyclic) bond motifs is 6. The molecule has 0 fully saturated rings. The van der Waals surface area contributed by atoms with Gasteiger partial charge in [0.2, 0.25) is 0 Å². The Morgan fingerprint density at radius 2 is 0.729 bits per heavy atom. The van der Waals surface area contributed by atoms with Crippen molar-refractivity contribution in [2.24, 2.45) is 0 Å². The molecule has 0 aliphatic heterocycles. The minimum Gasteiger partial charge on any atom is -0.309 e. The normalized spacial score (nSPS) is 12.3. The molecule has 0 aromatic heterocycles. The first-order chi connectivity index (χ1) is 34.6. The summed E-state index contributed by atoms with van der Waals surface area (Å²) in [6, 6.07) is 73.8. The van der Waals surface area contributed by atoms with E-state index < -0.39 is 0 Å². The summed E-state index contributed by atoms with van der Waals surface area (Å²) < 4.78 is 0. The van der Waals surface area contributed by atoms with Crippen molar-refractivity contribution in [2.45, 2.75) is 66.2 Å². The van der Waals surface area contributed by atoms with Gasteiger partial charge in [0.25, 0.3) is 0 Å². The average Bonchev–Trinajstić information content (AvgIpc) is 3.43. The number of benzene rings is 11. The fraction of sp³-hybridized carbons (Fsp3) is 0.147. The van der Waals surface area contributed by atoms with Crippen LogP contribution in [0, 0.1) is 0 Å². The summed E-state index contributed by atoms with van der Waals surface area (Å²) in [4.78, 5) is 5.11. The van der Waals surface area contributed by atoms with Crippen LogP contribution < -0.4 is 9.80 Å². The molecule has 1 aliphatic rings. The van der Waals surface area contributed by atoms with Crippen LogP contribution in [-0.2, 0) is 32.1 Å². The molecule has 0 bridgehead atoms. The molecule has 0 saturated heterocycles. The maximum Gasteiger partial charge on any atom is 0.0618 e. The van der Waals surface area contributed by atoms with Crippen LogP contribution in [0.1, 0.15) is 67.5 Å². The van der Waals surface area contributed by atoms with E-state index in [1.165, 1.54) is 127 Å². The molecule has 0 amide bonds. The summed E-state index contributed by atoms with van der Waals surface area (Å²) in [6.07, 6.45) is 10.7. The molecule has 0 unspecified atom stereocenters. The van der Waals surface area contributed by atoms with E-state index in [4.69, 9.17) is 0 Å². The second-order valence-electron chi connectivity index (χ2n) is 19.0. The van der Waals surface area contributed by atoms with Gasteiger partial charge in [-0.15, -0.1) is 0 Å². The first kappa shape index (κ1) is 43.3. The van der Waals surface area contributed by atoms with E-state index in [9.17, 15) is 0 Å². The zero-order valence-electron chi connectivity index (χ0n) is 40.8. The molecule has 1 aliphatic carbocycles. The molecule has 11 aromatic carbocycles. The number of rotatable bonds is 11. The van der Waals surface area contributed by atoms with Gasteiger partial charge in [0.1, 0.15) is 0 Å². The quantitative estimate of drug-likeness (QED) is 0.119. The van der Waals surface area contributed by atoms with Crippen molar-refractivity contribution < 1.29 is 0 Å². The molecule has 0 saturated carbocycles. The van der Waals surface area contributed by atoms with E-state index in [1.807, 2.05) is 0 Å². The molecular weight excluding hydrogens is 845 g/mol. The maximum atomic E-state index is 2.57. The number of allylic oxidation sites excluding steroid dienone is 1. The maximum absolute atomic E-state index is 2.57. The van der Waals surface area contributed by atoms with E-state index in [1.54, 1.807) is 0 Å². The molecule has 340 valence electrons. The summed E-state index contributed by atoms with van der Waals surface area (Å²) in [6.45, 7) is 9.12. The SMILES string of the molecule is CCc1ccc(N(c2ccc3c(c2)CCC=C3)c2c3ccccc3c(-c3c4ccccc4c(N(c4ccc(CC)c(CC)c4)c4ccc5ccccc5c4)c4ccccc34)c3ccccc23)cc1CC. The zero-order valence-corrected chi connectivity index (χ0v) is 40.8. The Morgan fingerprint density at radius 3 is 1.20 bits per heavy atom. The van der Waals surface area contributed by atoms with Gasteiger partial charge in [0, 0.05) is 44.3 Å². The van der Waals surface area contributed by atoms with Crippen LogP contribution in [-0.4, -0.2) is 0 Å². The minimum absolute atomic E-state index is 0.976. The van der Waals surface area contributed by atoms with Gasteiger partial charge in [-0.1, -0.05) is 185 Å². The Balaban J connectivity index is 1.18. The van der Waals surface area contributed by atoms with Gasteiger partial charge in [0.15, 0.2) is 0 Å². The predicted octanol–water partition coefficient (Wildman–Crippen LogP) is 19.3. The van der Waals surface area contributed by atoms with Crippen LogP contribution in [0.4, 0.5) is 34.1 Å². The van der Waals surface area contributed by atoms with Crippen LogP contribution in [0.5, 0.6) is 0 Å². The molecule has 0 atom stereocenters. The lowest BCUT2D eigenvalue weighted by molar-refractivity contribution is 0.984. The molecule has 70 heavy (non-hydrogen) atoms. The van der Waals surface area contributed by atoms with Crippen molar-refractivity contribution in [3.63, 3.8) is 0 Å². The zero-order chi connectivity index (χ0) is 47.3. The number of aryl methyl sites for hydroxylation is 5. The van der Waals surface area contributed by atoms with Gasteiger partial charge in [-0.2, -0.15) is 0 Å². The Labute approximate surface area is 412 Å². The highest BCUT2D eigenvalue weighted by atomic mass is 15.2. The summed E-state index contributed by atoms with van der Waals surface area (Å²) in [7, 11) is 0. The molecule has 11 aromatic rings. The van der Waals surface area contributed by atoms with Gasteiger partial charge >= 0.3 is 0 Å². The van der Waals surface area contributed by atoms with E-state index in [0.717, 1.165) is 44.2 Å². The highest BCUT2D eigenvalue weighted by Gasteiger charge is 2.28. The van der Waals surface area contributed by atoms with Gasteiger partial charge in [0.05, 0.1) is 11.4 Å². The predicted molar refractivity (Wildman–Crippen MR) is 304 cm³/mol. The van der Waals surface area contributed by atoms with E-state index >= 15 is 0 Å². The minimum atomic E-state index is 0.976. The van der Waals surface area contributed by atoms with Crippen LogP contribution in [0.15, 0.2) is 200 Å². The topological polar surface area (TPSA) is 6.48 Å². The Kier molecular flexibility index (Phi) is 11.3. The van der Waals surface area contributed by atoms with Crippen LogP contribution in [0.2, 0.25) is 0 Å². The summed E-state index contributed by atoms with van der Waals surface area (Å²) in [5.41, 5.74) is 18.0. The number of nitrogens with zero attached hydrogens (tertiary/aromatic N) is 2. The van der Waals surface area contributed by atoms with Gasteiger partial charge < -0.3 is 9.80 Å². The molecule has 0 N–H and O–H groups in total. The molecule has 2 heteroatoms. The smallest absolute Gasteiger partial charge is 0.0618 e. The lowest BCUT2D eigenvalue weighted by atomic mass is 9.84. The standard InChI is InChI=1S/C68H58N2/c1-5-45-33-37-53(41-47(45)7-3)69(55-39-35-49-21-9-11-23-51(49)43-55)67-61-29-17-13-25-57(61)65(58-26-14-18-30-62(58)67)66-59-27-15-19-31-63(59)68(64-32-20-16-28-60(64)66)70(54-38-34-46(6-2)48(8-4)42-54)56-40-36-50-22-10-12-24-52(50)44-56/h9-11,13-23,25-44H,5-8,12,24H2,1-4H3. The van der Waals surface area contributed by atoms with Gasteiger partial charge in [-0.25, -0.2) is 0 Å². The van der Waals surface area contributed by atoms with E-state index in [0.29, 0.717) is 0 Å². The molecule has 0 spiro atoms. The van der Waals surface area contributed by atoms with Crippen LogP contribution >= 0.6 is 0 Å². The molecule has 12 rings (SSSR count). The van der Waals surface area contributed by atoms with Crippen molar-refractivity contribution in [2.75, 3.05) is 9.80 Å². The number of anilines is 6. The van der Waals surface area contributed by atoms with Crippen molar-refractivity contribution >= 4 is 94.1 Å². The fourth-order valence-electron chi connectivity index (χ4n) is 11.8. The highest BCUT2D eigenvalue weighted by molar-refractivity contribution is 6.30. The van der Waals surface area contributed by atoms with Crippen LogP contribution in [0.25, 0.3) is 71.1 Å². The Morgan fingerprint density at radius 1 is 0.343 bits per heavy atom. The molecule has 0 radical (unpaired) electrons. The molecular formula is C68H58N2. The first-order valence-electron chi connectivity index (χ1n) is 25.6. The average molecular weight is 903 g/mol. The molecule has 2 nitrogen and oxygen atoms in total. The summed E-state index contributed by atoms with van der Waals surface area (Å²) >= 11 is 0. The third-order valence-corrected chi connectivity index (χ3v) is 15.2. The lowest BCUT2D eigenvalue weighted by Gasteiger charge is -2.32. The van der Waals surface area contributed by atoms with E-state index in [-0.39, 0.29) is 0 Å². The van der Waals surface area contributed by atoms with Crippen LogP contribution in [0.3, 0.4) is 0 Å². The Hall–Kier alpha value is -7.94. The van der Waals surface area contributed by atoms with Gasteiger partial charge in [-0.05, 0) is 164 Å². The van der Waals surface area contributed by atoms with Crippen molar-refractivity contribution in [3.8, 4) is 11.1 Å². The third-order valence-electron chi connectivity index (χ3n) is 15.2. The highest BCUT2D eigenvalue weighted by Crippen LogP contribution is 2.54. The molecule has 0 heterocycles. The monoisotopic (exact) mass is 902 g/mol.